The fourth-order valence-corrected chi connectivity index (χ4v) is 1.26. The Balaban J connectivity index is 3.09. The van der Waals surface area contributed by atoms with E-state index in [1.807, 2.05) is 11.8 Å². The summed E-state index contributed by atoms with van der Waals surface area (Å²) in [6.07, 6.45) is 4.73. The van der Waals surface area contributed by atoms with Crippen molar-refractivity contribution >= 4 is 11.8 Å². The average molecular weight is 161 g/mol. The Kier molecular flexibility index (Phi) is 7.65. The molecule has 0 fully saturated rings. The van der Waals surface area contributed by atoms with Crippen LogP contribution in [0, 0.1) is 5.92 Å². The van der Waals surface area contributed by atoms with Crippen LogP contribution in [0.3, 0.4) is 0 Å². The number of rotatable bonds is 6. The van der Waals surface area contributed by atoms with E-state index in [-0.39, 0.29) is 0 Å². The standard InChI is InChI=1S/C8H19NS/c1-4-8(5-2)6-9-7-10-3/h8-9H,4-7H2,1-3H3. The SMILES string of the molecule is CCC(CC)CNCSC. The van der Waals surface area contributed by atoms with Crippen molar-refractivity contribution in [1.29, 1.82) is 0 Å². The highest BCUT2D eigenvalue weighted by molar-refractivity contribution is 7.98. The zero-order valence-corrected chi connectivity index (χ0v) is 8.13. The van der Waals surface area contributed by atoms with Crippen molar-refractivity contribution in [3.63, 3.8) is 0 Å². The fraction of sp³-hybridized carbons (Fsp3) is 1.00. The second-order valence-electron chi connectivity index (χ2n) is 2.57. The van der Waals surface area contributed by atoms with E-state index in [4.69, 9.17) is 0 Å². The molecule has 0 aliphatic carbocycles. The van der Waals surface area contributed by atoms with Gasteiger partial charge in [0.15, 0.2) is 0 Å². The van der Waals surface area contributed by atoms with Crippen LogP contribution in [0.5, 0.6) is 0 Å². The number of hydrogen-bond donors (Lipinski definition) is 1. The normalized spacial score (nSPS) is 10.8. The Morgan fingerprint density at radius 3 is 2.30 bits per heavy atom. The molecule has 0 bridgehead atoms. The van der Waals surface area contributed by atoms with Gasteiger partial charge in [0, 0.05) is 5.88 Å². The molecule has 0 saturated heterocycles. The van der Waals surface area contributed by atoms with E-state index >= 15 is 0 Å². The van der Waals surface area contributed by atoms with Crippen LogP contribution in [0.1, 0.15) is 26.7 Å². The third-order valence-corrected chi connectivity index (χ3v) is 2.33. The number of nitrogens with one attached hydrogen (secondary N) is 1. The van der Waals surface area contributed by atoms with Gasteiger partial charge in [0.1, 0.15) is 0 Å². The maximum atomic E-state index is 3.40. The predicted octanol–water partition coefficient (Wildman–Crippen LogP) is 2.33. The third-order valence-electron chi connectivity index (χ3n) is 1.83. The lowest BCUT2D eigenvalue weighted by Gasteiger charge is -2.11. The maximum absolute atomic E-state index is 3.40. The summed E-state index contributed by atoms with van der Waals surface area (Å²) < 4.78 is 0. The zero-order chi connectivity index (χ0) is 7.82. The maximum Gasteiger partial charge on any atom is 0.0415 e. The summed E-state index contributed by atoms with van der Waals surface area (Å²) in [7, 11) is 0. The Bertz CT molecular complexity index is 62.3. The molecule has 1 N–H and O–H groups in total. The van der Waals surface area contributed by atoms with Gasteiger partial charge in [0.2, 0.25) is 0 Å². The summed E-state index contributed by atoms with van der Waals surface area (Å²) in [5, 5.41) is 3.40. The molecule has 0 aliphatic heterocycles. The van der Waals surface area contributed by atoms with Crippen molar-refractivity contribution in [3.8, 4) is 0 Å². The van der Waals surface area contributed by atoms with E-state index in [1.165, 1.54) is 19.4 Å². The molecule has 0 saturated carbocycles. The smallest absolute Gasteiger partial charge is 0.0415 e. The van der Waals surface area contributed by atoms with Crippen molar-refractivity contribution in [2.75, 3.05) is 18.7 Å². The van der Waals surface area contributed by atoms with Gasteiger partial charge in [-0.15, -0.1) is 11.8 Å². The molecule has 0 rings (SSSR count). The van der Waals surface area contributed by atoms with E-state index in [1.54, 1.807) is 0 Å². The van der Waals surface area contributed by atoms with Gasteiger partial charge in [-0.25, -0.2) is 0 Å². The molecule has 62 valence electrons. The predicted molar refractivity (Wildman–Crippen MR) is 50.5 cm³/mol. The van der Waals surface area contributed by atoms with Crippen molar-refractivity contribution in [2.45, 2.75) is 26.7 Å². The minimum absolute atomic E-state index is 0.882. The molecule has 0 heterocycles. The number of hydrogen-bond acceptors (Lipinski definition) is 2. The van der Waals surface area contributed by atoms with Crippen LogP contribution in [0.2, 0.25) is 0 Å². The third kappa shape index (κ3) is 5.12. The van der Waals surface area contributed by atoms with Crippen LogP contribution in [-0.4, -0.2) is 18.7 Å². The Morgan fingerprint density at radius 2 is 1.90 bits per heavy atom. The molecule has 0 atom stereocenters. The van der Waals surface area contributed by atoms with E-state index in [2.05, 4.69) is 25.4 Å². The largest absolute Gasteiger partial charge is 0.308 e. The van der Waals surface area contributed by atoms with Crippen molar-refractivity contribution in [1.82, 2.24) is 5.32 Å². The monoisotopic (exact) mass is 161 g/mol. The van der Waals surface area contributed by atoms with Gasteiger partial charge in [-0.3, -0.25) is 0 Å². The van der Waals surface area contributed by atoms with Gasteiger partial charge in [-0.2, -0.15) is 0 Å². The molecule has 0 radical (unpaired) electrons. The first-order chi connectivity index (χ1) is 4.85. The lowest BCUT2D eigenvalue weighted by Crippen LogP contribution is -2.21. The van der Waals surface area contributed by atoms with Crippen LogP contribution >= 0.6 is 11.8 Å². The average Bonchev–Trinajstić information content (AvgIpc) is 1.99. The fourth-order valence-electron chi connectivity index (χ4n) is 0.942. The number of thioether (sulfide) groups is 1. The Labute approximate surface area is 69.0 Å². The highest BCUT2D eigenvalue weighted by Gasteiger charge is 2.00. The van der Waals surface area contributed by atoms with Gasteiger partial charge < -0.3 is 5.32 Å². The summed E-state index contributed by atoms with van der Waals surface area (Å²) in [5.74, 6) is 1.98. The molecule has 0 aliphatic rings. The summed E-state index contributed by atoms with van der Waals surface area (Å²) in [5.41, 5.74) is 0. The molecule has 0 aromatic carbocycles. The topological polar surface area (TPSA) is 12.0 Å². The molecule has 2 heteroatoms. The first kappa shape index (κ1) is 10.3. The second-order valence-corrected chi connectivity index (χ2v) is 3.44. The molecule has 0 aromatic heterocycles. The Morgan fingerprint density at radius 1 is 1.30 bits per heavy atom. The summed E-state index contributed by atoms with van der Waals surface area (Å²) in [6, 6.07) is 0. The zero-order valence-electron chi connectivity index (χ0n) is 7.31. The van der Waals surface area contributed by atoms with E-state index in [0.29, 0.717) is 0 Å². The van der Waals surface area contributed by atoms with Crippen LogP contribution in [0.25, 0.3) is 0 Å². The molecule has 0 spiro atoms. The molecule has 0 aromatic rings. The van der Waals surface area contributed by atoms with Crippen LogP contribution in [0.15, 0.2) is 0 Å². The van der Waals surface area contributed by atoms with Crippen LogP contribution in [-0.2, 0) is 0 Å². The summed E-state index contributed by atoms with van der Waals surface area (Å²) in [6.45, 7) is 5.71. The molecule has 1 nitrogen and oxygen atoms in total. The highest BCUT2D eigenvalue weighted by Crippen LogP contribution is 2.05. The van der Waals surface area contributed by atoms with E-state index in [0.717, 1.165) is 11.8 Å². The van der Waals surface area contributed by atoms with E-state index in [9.17, 15) is 0 Å². The molecular formula is C8H19NS. The van der Waals surface area contributed by atoms with E-state index < -0.39 is 0 Å². The Hall–Kier alpha value is 0.310. The van der Waals surface area contributed by atoms with Crippen LogP contribution < -0.4 is 5.32 Å². The minimum atomic E-state index is 0.882. The quantitative estimate of drug-likeness (QED) is 0.474. The molecular weight excluding hydrogens is 142 g/mol. The second kappa shape index (κ2) is 7.42. The van der Waals surface area contributed by atoms with Crippen molar-refractivity contribution in [2.24, 2.45) is 5.92 Å². The minimum Gasteiger partial charge on any atom is -0.308 e. The van der Waals surface area contributed by atoms with Gasteiger partial charge in [-0.1, -0.05) is 26.7 Å². The van der Waals surface area contributed by atoms with Gasteiger partial charge in [0.05, 0.1) is 0 Å². The first-order valence-corrected chi connectivity index (χ1v) is 5.44. The van der Waals surface area contributed by atoms with Crippen molar-refractivity contribution in [3.05, 3.63) is 0 Å². The van der Waals surface area contributed by atoms with Gasteiger partial charge in [0.25, 0.3) is 0 Å². The lowest BCUT2D eigenvalue weighted by molar-refractivity contribution is 0.466. The molecule has 0 amide bonds. The van der Waals surface area contributed by atoms with Gasteiger partial charge in [-0.05, 0) is 18.7 Å². The lowest BCUT2D eigenvalue weighted by atomic mass is 10.0. The molecule has 0 unspecified atom stereocenters. The summed E-state index contributed by atoms with van der Waals surface area (Å²) in [4.78, 5) is 0. The summed E-state index contributed by atoms with van der Waals surface area (Å²) >= 11 is 1.85. The van der Waals surface area contributed by atoms with Gasteiger partial charge >= 0.3 is 0 Å². The first-order valence-electron chi connectivity index (χ1n) is 4.04. The molecule has 10 heavy (non-hydrogen) atoms. The van der Waals surface area contributed by atoms with Crippen molar-refractivity contribution < 1.29 is 0 Å². The van der Waals surface area contributed by atoms with Crippen LogP contribution in [0.4, 0.5) is 0 Å². The highest BCUT2D eigenvalue weighted by atomic mass is 32.2.